The zero-order chi connectivity index (χ0) is 19.4. The third-order valence-electron chi connectivity index (χ3n) is 5.09. The molecule has 2 aromatic heterocycles. The molecule has 1 N–H and O–H groups in total. The summed E-state index contributed by atoms with van der Waals surface area (Å²) < 4.78 is 1.71. The van der Waals surface area contributed by atoms with Crippen molar-refractivity contribution >= 4 is 17.3 Å². The maximum atomic E-state index is 13.0. The maximum absolute atomic E-state index is 13.0. The largest absolute Gasteiger partial charge is 0.349 e. The van der Waals surface area contributed by atoms with Gasteiger partial charge in [0.25, 0.3) is 11.8 Å². The minimum absolute atomic E-state index is 0.0859. The van der Waals surface area contributed by atoms with E-state index in [-0.39, 0.29) is 17.6 Å². The minimum atomic E-state index is -0.249. The Hall–Kier alpha value is -2.41. The Morgan fingerprint density at radius 2 is 2.00 bits per heavy atom. The fourth-order valence-corrected chi connectivity index (χ4v) is 3.39. The van der Waals surface area contributed by atoms with Crippen LogP contribution in [0.2, 0.25) is 0 Å². The summed E-state index contributed by atoms with van der Waals surface area (Å²) in [5.41, 5.74) is 1.04. The van der Waals surface area contributed by atoms with Gasteiger partial charge in [-0.15, -0.1) is 0 Å². The smallest absolute Gasteiger partial charge is 0.287 e. The summed E-state index contributed by atoms with van der Waals surface area (Å²) in [5.74, 6) is 0.582. The molecule has 1 aliphatic rings. The number of hydrogen-bond donors (Lipinski definition) is 1. The van der Waals surface area contributed by atoms with Crippen molar-refractivity contribution in [1.82, 2.24) is 24.5 Å². The number of hydrogen-bond acceptors (Lipinski definition) is 4. The van der Waals surface area contributed by atoms with Gasteiger partial charge in [0.05, 0.1) is 5.52 Å². The molecule has 1 aliphatic heterocycles. The molecule has 0 bridgehead atoms. The SMILES string of the molecule is CC1CCN(C(=O)c2nc(C(=O)NCCCN(C)C)n3ccccc23)CC1. The van der Waals surface area contributed by atoms with Crippen LogP contribution >= 0.6 is 0 Å². The number of carbonyl (C=O) groups is 2. The van der Waals surface area contributed by atoms with Crippen LogP contribution in [0.25, 0.3) is 5.52 Å². The van der Waals surface area contributed by atoms with Crippen molar-refractivity contribution in [2.75, 3.05) is 40.3 Å². The molecule has 0 saturated carbocycles. The summed E-state index contributed by atoms with van der Waals surface area (Å²) >= 11 is 0. The van der Waals surface area contributed by atoms with Gasteiger partial charge in [0.1, 0.15) is 0 Å². The number of carbonyl (C=O) groups excluding carboxylic acids is 2. The van der Waals surface area contributed by atoms with Gasteiger partial charge in [-0.3, -0.25) is 14.0 Å². The van der Waals surface area contributed by atoms with E-state index < -0.39 is 0 Å². The Morgan fingerprint density at radius 3 is 2.70 bits per heavy atom. The zero-order valence-electron chi connectivity index (χ0n) is 16.4. The molecule has 27 heavy (non-hydrogen) atoms. The molecule has 146 valence electrons. The number of nitrogens with one attached hydrogen (secondary N) is 1. The van der Waals surface area contributed by atoms with E-state index in [9.17, 15) is 9.59 Å². The Kier molecular flexibility index (Phi) is 6.11. The number of fused-ring (bicyclic) bond motifs is 1. The third-order valence-corrected chi connectivity index (χ3v) is 5.09. The van der Waals surface area contributed by atoms with E-state index in [0.29, 0.717) is 23.7 Å². The van der Waals surface area contributed by atoms with Crippen LogP contribution in [0.3, 0.4) is 0 Å². The molecule has 1 saturated heterocycles. The quantitative estimate of drug-likeness (QED) is 0.788. The van der Waals surface area contributed by atoms with Crippen molar-refractivity contribution in [3.63, 3.8) is 0 Å². The minimum Gasteiger partial charge on any atom is -0.349 e. The molecular weight excluding hydrogens is 342 g/mol. The van der Waals surface area contributed by atoms with Crippen molar-refractivity contribution in [1.29, 1.82) is 0 Å². The second kappa shape index (κ2) is 8.52. The summed E-state index contributed by atoms with van der Waals surface area (Å²) in [6.07, 6.45) is 4.67. The van der Waals surface area contributed by atoms with Gasteiger partial charge in [0.2, 0.25) is 5.82 Å². The molecule has 3 heterocycles. The lowest BCUT2D eigenvalue weighted by Crippen LogP contribution is -2.38. The molecule has 3 rings (SSSR count). The fraction of sp³-hybridized carbons (Fsp3) is 0.550. The first-order valence-corrected chi connectivity index (χ1v) is 9.66. The molecule has 0 atom stereocenters. The van der Waals surface area contributed by atoms with Crippen LogP contribution in [0.15, 0.2) is 24.4 Å². The molecule has 0 radical (unpaired) electrons. The molecule has 1 fully saturated rings. The van der Waals surface area contributed by atoms with Crippen LogP contribution in [-0.4, -0.2) is 71.3 Å². The van der Waals surface area contributed by atoms with Gasteiger partial charge < -0.3 is 15.1 Å². The van der Waals surface area contributed by atoms with Gasteiger partial charge >= 0.3 is 0 Å². The first-order valence-electron chi connectivity index (χ1n) is 9.66. The van der Waals surface area contributed by atoms with E-state index >= 15 is 0 Å². The Balaban J connectivity index is 1.79. The van der Waals surface area contributed by atoms with Crippen molar-refractivity contribution in [2.45, 2.75) is 26.2 Å². The average Bonchev–Trinajstić information content (AvgIpc) is 3.05. The highest BCUT2D eigenvalue weighted by Crippen LogP contribution is 2.20. The molecular formula is C20H29N5O2. The predicted octanol–water partition coefficient (Wildman–Crippen LogP) is 1.89. The number of amides is 2. The van der Waals surface area contributed by atoms with E-state index in [4.69, 9.17) is 0 Å². The van der Waals surface area contributed by atoms with E-state index in [0.717, 1.165) is 38.9 Å². The van der Waals surface area contributed by atoms with Crippen LogP contribution < -0.4 is 5.32 Å². The van der Waals surface area contributed by atoms with E-state index in [1.165, 1.54) is 0 Å². The molecule has 2 amide bonds. The third kappa shape index (κ3) is 4.47. The molecule has 0 unspecified atom stereocenters. The predicted molar refractivity (Wildman–Crippen MR) is 105 cm³/mol. The zero-order valence-corrected chi connectivity index (χ0v) is 16.4. The van der Waals surface area contributed by atoms with Crippen LogP contribution in [0.1, 0.15) is 47.3 Å². The number of pyridine rings is 1. The fourth-order valence-electron chi connectivity index (χ4n) is 3.39. The molecule has 0 spiro atoms. The number of likely N-dealkylation sites (tertiary alicyclic amines) is 1. The van der Waals surface area contributed by atoms with Crippen LogP contribution in [0.5, 0.6) is 0 Å². The van der Waals surface area contributed by atoms with E-state index in [2.05, 4.69) is 22.1 Å². The Labute approximate surface area is 160 Å². The lowest BCUT2D eigenvalue weighted by Gasteiger charge is -2.29. The van der Waals surface area contributed by atoms with Crippen molar-refractivity contribution in [2.24, 2.45) is 5.92 Å². The van der Waals surface area contributed by atoms with Crippen LogP contribution in [-0.2, 0) is 0 Å². The first kappa shape index (κ1) is 19.4. The first-order chi connectivity index (χ1) is 13.0. The highest BCUT2D eigenvalue weighted by atomic mass is 16.2. The van der Waals surface area contributed by atoms with Gasteiger partial charge in [0.15, 0.2) is 5.69 Å². The van der Waals surface area contributed by atoms with E-state index in [1.54, 1.807) is 10.6 Å². The summed E-state index contributed by atoms with van der Waals surface area (Å²) in [4.78, 5) is 34.0. The highest BCUT2D eigenvalue weighted by Gasteiger charge is 2.27. The Bertz CT molecular complexity index is 806. The number of nitrogens with zero attached hydrogens (tertiary/aromatic N) is 4. The second-order valence-corrected chi connectivity index (χ2v) is 7.63. The van der Waals surface area contributed by atoms with E-state index in [1.807, 2.05) is 37.2 Å². The average molecular weight is 371 g/mol. The second-order valence-electron chi connectivity index (χ2n) is 7.63. The topological polar surface area (TPSA) is 70.0 Å². The van der Waals surface area contributed by atoms with Crippen LogP contribution in [0, 0.1) is 5.92 Å². The Morgan fingerprint density at radius 1 is 1.26 bits per heavy atom. The summed E-state index contributed by atoms with van der Waals surface area (Å²) in [5, 5.41) is 2.91. The van der Waals surface area contributed by atoms with Crippen molar-refractivity contribution in [3.8, 4) is 0 Å². The van der Waals surface area contributed by atoms with Crippen molar-refractivity contribution < 1.29 is 9.59 Å². The molecule has 7 nitrogen and oxygen atoms in total. The number of imidazole rings is 1. The number of piperidine rings is 1. The molecule has 7 heteroatoms. The van der Waals surface area contributed by atoms with Gasteiger partial charge in [0, 0.05) is 25.8 Å². The maximum Gasteiger partial charge on any atom is 0.287 e. The summed E-state index contributed by atoms with van der Waals surface area (Å²) in [7, 11) is 4.01. The van der Waals surface area contributed by atoms with Gasteiger partial charge in [-0.1, -0.05) is 13.0 Å². The van der Waals surface area contributed by atoms with Crippen molar-refractivity contribution in [3.05, 3.63) is 35.9 Å². The monoisotopic (exact) mass is 371 g/mol. The number of aromatic nitrogens is 2. The normalized spacial score (nSPS) is 15.5. The lowest BCUT2D eigenvalue weighted by molar-refractivity contribution is 0.0694. The number of rotatable bonds is 6. The molecule has 0 aromatic carbocycles. The molecule has 2 aromatic rings. The molecule has 0 aliphatic carbocycles. The summed E-state index contributed by atoms with van der Waals surface area (Å²) in [6, 6.07) is 5.55. The lowest BCUT2D eigenvalue weighted by atomic mass is 9.99. The highest BCUT2D eigenvalue weighted by molar-refractivity contribution is 6.02. The van der Waals surface area contributed by atoms with Gasteiger partial charge in [-0.2, -0.15) is 0 Å². The van der Waals surface area contributed by atoms with Gasteiger partial charge in [-0.05, 0) is 58.0 Å². The summed E-state index contributed by atoms with van der Waals surface area (Å²) in [6.45, 7) is 5.19. The standard InChI is InChI=1S/C20H29N5O2/c1-15-8-13-24(14-9-15)20(27)17-16-7-4-5-12-25(16)18(22-17)19(26)21-10-6-11-23(2)3/h4-5,7,12,15H,6,8-11,13-14H2,1-3H3,(H,21,26). The van der Waals surface area contributed by atoms with Gasteiger partial charge in [-0.25, -0.2) is 4.98 Å². The van der Waals surface area contributed by atoms with Crippen LogP contribution in [0.4, 0.5) is 0 Å².